The second-order valence-corrected chi connectivity index (χ2v) is 8.52. The number of ether oxygens (including phenoxy) is 1. The number of benzene rings is 4. The van der Waals surface area contributed by atoms with E-state index in [1.165, 1.54) is 0 Å². The van der Waals surface area contributed by atoms with Crippen molar-refractivity contribution in [1.29, 1.82) is 0 Å². The maximum atomic E-state index is 12.8. The van der Waals surface area contributed by atoms with Crippen LogP contribution in [-0.2, 0) is 6.54 Å². The van der Waals surface area contributed by atoms with Gasteiger partial charge < -0.3 is 14.6 Å². The number of rotatable bonds is 7. The number of carbonyl (C=O) groups is 1. The minimum Gasteiger partial charge on any atom is -0.491 e. The Morgan fingerprint density at radius 2 is 1.71 bits per heavy atom. The molecule has 0 fully saturated rings. The molecule has 0 bridgehead atoms. The standard InChI is InChI=1S/C28H24ClN3O2/c1-19(30-28(33)22-12-4-5-13-23(22)29)27-31-24-14-6-7-15-25(24)32(27)17-18-34-26-16-8-10-20-9-2-3-11-21(20)26/h2-16,19H,17-18H2,1H3,(H,30,33). The van der Waals surface area contributed by atoms with Crippen molar-refractivity contribution < 1.29 is 9.53 Å². The third-order valence-corrected chi connectivity index (χ3v) is 6.19. The van der Waals surface area contributed by atoms with Gasteiger partial charge in [-0.05, 0) is 42.6 Å². The van der Waals surface area contributed by atoms with E-state index in [2.05, 4.69) is 28.1 Å². The van der Waals surface area contributed by atoms with E-state index in [4.69, 9.17) is 21.3 Å². The van der Waals surface area contributed by atoms with Gasteiger partial charge in [-0.2, -0.15) is 0 Å². The van der Waals surface area contributed by atoms with E-state index in [-0.39, 0.29) is 11.9 Å². The summed E-state index contributed by atoms with van der Waals surface area (Å²) in [4.78, 5) is 17.7. The molecule has 1 N–H and O–H groups in total. The van der Waals surface area contributed by atoms with Gasteiger partial charge in [-0.25, -0.2) is 4.98 Å². The molecule has 0 aliphatic heterocycles. The molecule has 0 radical (unpaired) electrons. The van der Waals surface area contributed by atoms with Crippen molar-refractivity contribution in [2.75, 3.05) is 6.61 Å². The van der Waals surface area contributed by atoms with Crippen LogP contribution in [0.15, 0.2) is 91.0 Å². The Morgan fingerprint density at radius 1 is 0.971 bits per heavy atom. The third kappa shape index (κ3) is 4.35. The van der Waals surface area contributed by atoms with Crippen molar-refractivity contribution in [3.63, 3.8) is 0 Å². The molecule has 4 aromatic carbocycles. The lowest BCUT2D eigenvalue weighted by atomic mass is 10.1. The first-order valence-electron chi connectivity index (χ1n) is 11.2. The van der Waals surface area contributed by atoms with Gasteiger partial charge in [0.05, 0.1) is 34.2 Å². The van der Waals surface area contributed by atoms with Crippen molar-refractivity contribution >= 4 is 39.3 Å². The van der Waals surface area contributed by atoms with Gasteiger partial charge >= 0.3 is 0 Å². The monoisotopic (exact) mass is 469 g/mol. The Morgan fingerprint density at radius 3 is 2.59 bits per heavy atom. The Hall–Kier alpha value is -3.83. The molecule has 1 unspecified atom stereocenters. The maximum absolute atomic E-state index is 12.8. The third-order valence-electron chi connectivity index (χ3n) is 5.86. The summed E-state index contributed by atoms with van der Waals surface area (Å²) >= 11 is 6.21. The predicted molar refractivity (Wildman–Crippen MR) is 137 cm³/mol. The molecule has 5 nitrogen and oxygen atoms in total. The summed E-state index contributed by atoms with van der Waals surface area (Å²) in [5.74, 6) is 1.39. The van der Waals surface area contributed by atoms with E-state index in [0.29, 0.717) is 23.7 Å². The summed E-state index contributed by atoms with van der Waals surface area (Å²) in [6.45, 7) is 2.98. The van der Waals surface area contributed by atoms with E-state index in [0.717, 1.165) is 33.4 Å². The summed E-state index contributed by atoms with van der Waals surface area (Å²) in [5, 5.41) is 5.69. The number of carbonyl (C=O) groups excluding carboxylic acids is 1. The maximum Gasteiger partial charge on any atom is 0.253 e. The van der Waals surface area contributed by atoms with E-state index >= 15 is 0 Å². The quantitative estimate of drug-likeness (QED) is 0.299. The summed E-state index contributed by atoms with van der Waals surface area (Å²) < 4.78 is 8.30. The Labute approximate surface area is 203 Å². The predicted octanol–water partition coefficient (Wildman–Crippen LogP) is 6.41. The lowest BCUT2D eigenvalue weighted by molar-refractivity contribution is 0.0937. The number of imidazole rings is 1. The highest BCUT2D eigenvalue weighted by molar-refractivity contribution is 6.33. The summed E-state index contributed by atoms with van der Waals surface area (Å²) in [5.41, 5.74) is 2.32. The van der Waals surface area contributed by atoms with Crippen molar-refractivity contribution in [1.82, 2.24) is 14.9 Å². The molecule has 1 atom stereocenters. The van der Waals surface area contributed by atoms with Gasteiger partial charge in [0.2, 0.25) is 0 Å². The van der Waals surface area contributed by atoms with Crippen LogP contribution in [0.4, 0.5) is 0 Å². The van der Waals surface area contributed by atoms with E-state index in [1.807, 2.05) is 55.5 Å². The average molecular weight is 470 g/mol. The van der Waals surface area contributed by atoms with Crippen molar-refractivity contribution in [3.05, 3.63) is 107 Å². The molecule has 1 heterocycles. The molecule has 1 amide bonds. The number of halogens is 1. The van der Waals surface area contributed by atoms with Crippen LogP contribution >= 0.6 is 11.6 Å². The van der Waals surface area contributed by atoms with Crippen LogP contribution < -0.4 is 10.1 Å². The number of nitrogens with one attached hydrogen (secondary N) is 1. The summed E-state index contributed by atoms with van der Waals surface area (Å²) in [6.07, 6.45) is 0. The minimum absolute atomic E-state index is 0.233. The lowest BCUT2D eigenvalue weighted by Gasteiger charge is -2.17. The highest BCUT2D eigenvalue weighted by Gasteiger charge is 2.20. The number of hydrogen-bond donors (Lipinski definition) is 1. The molecular formula is C28H24ClN3O2. The number of fused-ring (bicyclic) bond motifs is 2. The normalized spacial score (nSPS) is 12.1. The zero-order valence-electron chi connectivity index (χ0n) is 18.7. The molecule has 0 aliphatic rings. The average Bonchev–Trinajstić information content (AvgIpc) is 3.23. The van der Waals surface area contributed by atoms with Gasteiger partial charge in [-0.3, -0.25) is 4.79 Å². The molecule has 0 spiro atoms. The minimum atomic E-state index is -0.325. The van der Waals surface area contributed by atoms with Crippen molar-refractivity contribution in [2.45, 2.75) is 19.5 Å². The molecule has 170 valence electrons. The first-order chi connectivity index (χ1) is 16.6. The molecule has 34 heavy (non-hydrogen) atoms. The van der Waals surface area contributed by atoms with Crippen LogP contribution in [-0.4, -0.2) is 22.1 Å². The molecule has 0 saturated carbocycles. The zero-order valence-corrected chi connectivity index (χ0v) is 19.5. The largest absolute Gasteiger partial charge is 0.491 e. The molecule has 1 aromatic heterocycles. The first kappa shape index (κ1) is 22.0. The van der Waals surface area contributed by atoms with E-state index < -0.39 is 0 Å². The van der Waals surface area contributed by atoms with Gasteiger partial charge in [0.25, 0.3) is 5.91 Å². The van der Waals surface area contributed by atoms with Crippen LogP contribution in [0.1, 0.15) is 29.1 Å². The van der Waals surface area contributed by atoms with Crippen LogP contribution in [0.3, 0.4) is 0 Å². The van der Waals surface area contributed by atoms with Crippen LogP contribution in [0.5, 0.6) is 5.75 Å². The first-order valence-corrected chi connectivity index (χ1v) is 11.6. The molecular weight excluding hydrogens is 446 g/mol. The van der Waals surface area contributed by atoms with E-state index in [9.17, 15) is 4.79 Å². The van der Waals surface area contributed by atoms with Gasteiger partial charge in [-0.1, -0.05) is 72.3 Å². The van der Waals surface area contributed by atoms with Gasteiger partial charge in [0.15, 0.2) is 0 Å². The molecule has 5 aromatic rings. The van der Waals surface area contributed by atoms with Crippen LogP contribution in [0.2, 0.25) is 5.02 Å². The van der Waals surface area contributed by atoms with Crippen molar-refractivity contribution in [2.24, 2.45) is 0 Å². The zero-order chi connectivity index (χ0) is 23.5. The smallest absolute Gasteiger partial charge is 0.253 e. The fourth-order valence-electron chi connectivity index (χ4n) is 4.21. The second kappa shape index (κ2) is 9.57. The number of hydrogen-bond acceptors (Lipinski definition) is 3. The summed E-state index contributed by atoms with van der Waals surface area (Å²) in [7, 11) is 0. The van der Waals surface area contributed by atoms with Gasteiger partial charge in [0.1, 0.15) is 18.2 Å². The highest BCUT2D eigenvalue weighted by Crippen LogP contribution is 2.26. The Balaban J connectivity index is 1.38. The van der Waals surface area contributed by atoms with Crippen molar-refractivity contribution in [3.8, 4) is 5.75 Å². The SMILES string of the molecule is CC(NC(=O)c1ccccc1Cl)c1nc2ccccc2n1CCOc1cccc2ccccc12. The fraction of sp³-hybridized carbons (Fsp3) is 0.143. The van der Waals surface area contributed by atoms with Crippen LogP contribution in [0, 0.1) is 0 Å². The second-order valence-electron chi connectivity index (χ2n) is 8.11. The molecule has 0 saturated heterocycles. The number of para-hydroxylation sites is 2. The molecule has 5 rings (SSSR count). The van der Waals surface area contributed by atoms with E-state index in [1.54, 1.807) is 24.3 Å². The number of amides is 1. The number of aromatic nitrogens is 2. The Kier molecular flexibility index (Phi) is 6.19. The van der Waals surface area contributed by atoms with Gasteiger partial charge in [-0.15, -0.1) is 0 Å². The summed E-state index contributed by atoms with van der Waals surface area (Å²) in [6, 6.07) is 28.9. The number of nitrogens with zero attached hydrogens (tertiary/aromatic N) is 2. The molecule has 0 aliphatic carbocycles. The lowest BCUT2D eigenvalue weighted by Crippen LogP contribution is -2.29. The topological polar surface area (TPSA) is 56.2 Å². The highest BCUT2D eigenvalue weighted by atomic mass is 35.5. The Bertz CT molecular complexity index is 1470. The van der Waals surface area contributed by atoms with Gasteiger partial charge in [0, 0.05) is 5.39 Å². The molecule has 6 heteroatoms. The van der Waals surface area contributed by atoms with Crippen LogP contribution in [0.25, 0.3) is 21.8 Å². The fourth-order valence-corrected chi connectivity index (χ4v) is 4.43.